The van der Waals surface area contributed by atoms with Crippen molar-refractivity contribution in [3.63, 3.8) is 0 Å². The lowest BCUT2D eigenvalue weighted by Crippen LogP contribution is -2.57. The number of aliphatic carboxylic acids is 4. The molecule has 10 N–H and O–H groups in total. The smallest absolute Gasteiger partial charge is 0.481 e. The molecule has 0 radical (unpaired) electrons. The molecule has 20 nitrogen and oxygen atoms in total. The number of rotatable bonds is 24. The lowest BCUT2D eigenvalue weighted by atomic mass is 10.0. The molecule has 6 amide bonds. The highest BCUT2D eigenvalue weighted by Gasteiger charge is 2.38. The summed E-state index contributed by atoms with van der Waals surface area (Å²) in [6.45, 7) is 2.68. The van der Waals surface area contributed by atoms with Crippen LogP contribution in [0.5, 0.6) is 0 Å². The van der Waals surface area contributed by atoms with Crippen molar-refractivity contribution in [2.24, 2.45) is 5.92 Å². The normalized spacial score (nSPS) is 13.6. The van der Waals surface area contributed by atoms with E-state index < -0.39 is 116 Å². The maximum Gasteiger partial charge on any atom is 0.490 e. The minimum Gasteiger partial charge on any atom is -0.481 e. The Hall–Kier alpha value is -4.81. The zero-order chi connectivity index (χ0) is 41.5. The zero-order valence-corrected chi connectivity index (χ0v) is 30.3. The summed E-state index contributed by atoms with van der Waals surface area (Å²) in [6, 6.07) is -6.85. The second kappa shape index (κ2) is 26.0. The first-order chi connectivity index (χ1) is 24.5. The van der Waals surface area contributed by atoms with Crippen LogP contribution in [0, 0.1) is 5.92 Å². The largest absolute Gasteiger partial charge is 0.490 e. The van der Waals surface area contributed by atoms with Crippen molar-refractivity contribution in [2.75, 3.05) is 24.3 Å². The third-order valence-corrected chi connectivity index (χ3v) is 7.32. The highest BCUT2D eigenvalue weighted by Crippen LogP contribution is 2.13. The van der Waals surface area contributed by atoms with Crippen molar-refractivity contribution < 1.29 is 81.5 Å². The van der Waals surface area contributed by atoms with E-state index in [2.05, 4.69) is 44.5 Å². The number of carbonyl (C=O) groups excluding carboxylic acids is 6. The first-order valence-corrected chi connectivity index (χ1v) is 17.3. The Balaban J connectivity index is 0. The highest BCUT2D eigenvalue weighted by atomic mass is 32.2. The van der Waals surface area contributed by atoms with E-state index in [1.54, 1.807) is 20.1 Å². The molecule has 25 heteroatoms. The maximum atomic E-state index is 12.9. The molecule has 5 atom stereocenters. The predicted octanol–water partition coefficient (Wildman–Crippen LogP) is -2.06. The molecule has 0 aliphatic heterocycles. The molecular weight excluding hydrogens is 765 g/mol. The molecule has 0 unspecified atom stereocenters. The zero-order valence-electron chi connectivity index (χ0n) is 28.6. The molecule has 0 aromatic carbocycles. The third-order valence-electron chi connectivity index (χ3n) is 6.31. The average Bonchev–Trinajstić information content (AvgIpc) is 3.04. The van der Waals surface area contributed by atoms with Gasteiger partial charge in [-0.2, -0.15) is 37.6 Å². The molecule has 0 fully saturated rings. The quantitative estimate of drug-likeness (QED) is 0.0369. The van der Waals surface area contributed by atoms with Gasteiger partial charge in [-0.05, 0) is 37.2 Å². The number of alkyl halides is 3. The van der Waals surface area contributed by atoms with Gasteiger partial charge in [0.15, 0.2) is 0 Å². The van der Waals surface area contributed by atoms with Gasteiger partial charge in [0.25, 0.3) is 0 Å². The Morgan fingerprint density at radius 3 is 1.68 bits per heavy atom. The Bertz CT molecular complexity index is 1310. The van der Waals surface area contributed by atoms with Crippen molar-refractivity contribution >= 4 is 84.2 Å². The molecule has 0 spiro atoms. The molecule has 0 aliphatic carbocycles. The Kier molecular flexibility index (Phi) is 24.7. The second-order valence-corrected chi connectivity index (χ2v) is 12.5. The fraction of sp³-hybridized carbons (Fsp3) is 0.643. The number of amides is 6. The fourth-order valence-corrected chi connectivity index (χ4v) is 4.50. The molecule has 0 aromatic heterocycles. The summed E-state index contributed by atoms with van der Waals surface area (Å²) in [5.74, 6) is -11.5. The van der Waals surface area contributed by atoms with Crippen LogP contribution in [-0.4, -0.2) is 141 Å². The van der Waals surface area contributed by atoms with E-state index in [9.17, 15) is 66.5 Å². The van der Waals surface area contributed by atoms with Crippen LogP contribution in [0.25, 0.3) is 0 Å². The standard InChI is InChI=1S/C26H42N6O12S2.C2HF3O2/c1-13(2)8-17(26(43)44)32-24(41)15(4-5-20(35)36)30-25(42)18(11-45)29-19(34)10-27-22(39)16(9-21(37)38)31-23(40)14(28-12-33)6-7-46-3;3-2(4,5)1(6)7/h12-18,45H,4-11H2,1-3H3,(H,27,39)(H,28,33)(H,29,34)(H,30,42)(H,31,40)(H,32,41)(H,35,36)(H,37,38)(H,43,44);(H,6,7)/t14-,15-,16-,17-,18-;/m0./s1. The van der Waals surface area contributed by atoms with E-state index in [1.807, 2.05) is 0 Å². The summed E-state index contributed by atoms with van der Waals surface area (Å²) >= 11 is 5.39. The van der Waals surface area contributed by atoms with Crippen molar-refractivity contribution in [2.45, 2.75) is 82.3 Å². The molecule has 0 heterocycles. The van der Waals surface area contributed by atoms with Crippen LogP contribution in [0.1, 0.15) is 46.0 Å². The Labute approximate surface area is 309 Å². The van der Waals surface area contributed by atoms with E-state index in [0.29, 0.717) is 5.75 Å². The topological polar surface area (TPSA) is 324 Å². The van der Waals surface area contributed by atoms with Crippen LogP contribution in [0.4, 0.5) is 13.2 Å². The monoisotopic (exact) mass is 808 g/mol. The SMILES string of the molecule is CSCC[C@H](NC=O)C(=O)N[C@@H](CC(=O)O)C(=O)NCC(=O)N[C@@H](CS)C(=O)N[C@@H](CCC(=O)O)C(=O)N[C@@H](CC(C)C)C(=O)O.O=C(O)C(F)(F)F. The minimum atomic E-state index is -5.08. The van der Waals surface area contributed by atoms with Crippen molar-refractivity contribution in [3.8, 4) is 0 Å². The van der Waals surface area contributed by atoms with Gasteiger partial charge in [-0.1, -0.05) is 13.8 Å². The van der Waals surface area contributed by atoms with Crippen molar-refractivity contribution in [1.82, 2.24) is 31.9 Å². The number of hydrogen-bond donors (Lipinski definition) is 11. The van der Waals surface area contributed by atoms with Gasteiger partial charge in [0.05, 0.1) is 13.0 Å². The maximum absolute atomic E-state index is 12.9. The summed E-state index contributed by atoms with van der Waals surface area (Å²) in [5, 5.41) is 48.3. The minimum absolute atomic E-state index is 0.0624. The van der Waals surface area contributed by atoms with E-state index in [0.717, 1.165) is 0 Å². The first-order valence-electron chi connectivity index (χ1n) is 15.2. The van der Waals surface area contributed by atoms with Gasteiger partial charge in [-0.25, -0.2) is 9.59 Å². The number of hydrogen-bond acceptors (Lipinski definition) is 12. The van der Waals surface area contributed by atoms with Gasteiger partial charge in [0, 0.05) is 12.2 Å². The number of carboxylic acid groups (broad SMARTS) is 4. The molecule has 0 rings (SSSR count). The molecule has 0 saturated carbocycles. The molecule has 0 aliphatic rings. The third kappa shape index (κ3) is 23.4. The van der Waals surface area contributed by atoms with Gasteiger partial charge in [-0.15, -0.1) is 0 Å². The Morgan fingerprint density at radius 2 is 1.25 bits per heavy atom. The van der Waals surface area contributed by atoms with Gasteiger partial charge in [0.1, 0.15) is 30.2 Å². The van der Waals surface area contributed by atoms with Gasteiger partial charge in [0.2, 0.25) is 35.9 Å². The lowest BCUT2D eigenvalue weighted by Gasteiger charge is -2.24. The molecule has 0 saturated heterocycles. The molecule has 53 heavy (non-hydrogen) atoms. The number of thiol groups is 1. The summed E-state index contributed by atoms with van der Waals surface area (Å²) in [4.78, 5) is 117. The van der Waals surface area contributed by atoms with Crippen molar-refractivity contribution in [1.29, 1.82) is 0 Å². The van der Waals surface area contributed by atoms with Crippen LogP contribution >= 0.6 is 24.4 Å². The van der Waals surface area contributed by atoms with Crippen LogP contribution < -0.4 is 31.9 Å². The molecular formula is C28H43F3N6O14S2. The first kappa shape index (κ1) is 50.3. The number of nitrogens with one attached hydrogen (secondary N) is 6. The van der Waals surface area contributed by atoms with Crippen molar-refractivity contribution in [3.05, 3.63) is 0 Å². The van der Waals surface area contributed by atoms with Crippen LogP contribution in [-0.2, 0) is 47.9 Å². The second-order valence-electron chi connectivity index (χ2n) is 11.1. The summed E-state index contributed by atoms with van der Waals surface area (Å²) in [7, 11) is 0. The predicted molar refractivity (Wildman–Crippen MR) is 180 cm³/mol. The van der Waals surface area contributed by atoms with Crippen LogP contribution in [0.3, 0.4) is 0 Å². The lowest BCUT2D eigenvalue weighted by molar-refractivity contribution is -0.192. The van der Waals surface area contributed by atoms with Gasteiger partial charge >= 0.3 is 30.1 Å². The molecule has 0 aromatic rings. The number of thioether (sulfide) groups is 1. The average molecular weight is 809 g/mol. The number of halogens is 3. The molecule has 0 bridgehead atoms. The van der Waals surface area contributed by atoms with E-state index in [-0.39, 0.29) is 30.9 Å². The highest BCUT2D eigenvalue weighted by molar-refractivity contribution is 7.98. The fourth-order valence-electron chi connectivity index (χ4n) is 3.77. The van der Waals surface area contributed by atoms with Crippen LogP contribution in [0.15, 0.2) is 0 Å². The number of carbonyl (C=O) groups is 10. The summed E-state index contributed by atoms with van der Waals surface area (Å²) in [5.41, 5.74) is 0. The van der Waals surface area contributed by atoms with E-state index in [4.69, 9.17) is 15.0 Å². The van der Waals surface area contributed by atoms with Crippen LogP contribution in [0.2, 0.25) is 0 Å². The van der Waals surface area contributed by atoms with E-state index >= 15 is 0 Å². The number of carboxylic acids is 4. The summed E-state index contributed by atoms with van der Waals surface area (Å²) < 4.78 is 31.7. The molecule has 302 valence electrons. The summed E-state index contributed by atoms with van der Waals surface area (Å²) in [6.07, 6.45) is -4.58. The van der Waals surface area contributed by atoms with E-state index in [1.165, 1.54) is 11.8 Å². The van der Waals surface area contributed by atoms with Gasteiger partial charge in [-0.3, -0.25) is 38.4 Å². The van der Waals surface area contributed by atoms with Gasteiger partial charge < -0.3 is 52.3 Å². The Morgan fingerprint density at radius 1 is 0.736 bits per heavy atom.